The first-order chi connectivity index (χ1) is 15.4. The van der Waals surface area contributed by atoms with Gasteiger partial charge in [-0.2, -0.15) is 10.2 Å². The third-order valence-corrected chi connectivity index (χ3v) is 6.69. The molecule has 3 aliphatic rings. The molecule has 4 heterocycles. The minimum atomic E-state index is -0.612. The van der Waals surface area contributed by atoms with Gasteiger partial charge in [0, 0.05) is 36.0 Å². The lowest BCUT2D eigenvalue weighted by Crippen LogP contribution is -2.58. The number of fused-ring (bicyclic) bond motifs is 1. The predicted molar refractivity (Wildman–Crippen MR) is 122 cm³/mol. The van der Waals surface area contributed by atoms with Crippen LogP contribution in [0.5, 0.6) is 0 Å². The zero-order chi connectivity index (χ0) is 22.5. The number of amides is 1. The Hall–Kier alpha value is -3.55. The molecule has 0 spiro atoms. The first kappa shape index (κ1) is 20.4. The SMILES string of the molecule is CC[C@@]1(c2cccc(N(C)c3cncnc3)c2)C2=CN=NC2NC2=C1C(=O)NC(C)(C)C2. The lowest BCUT2D eigenvalue weighted by Gasteiger charge is -2.48. The molecular weight excluding hydrogens is 402 g/mol. The van der Waals surface area contributed by atoms with Crippen molar-refractivity contribution in [2.75, 3.05) is 11.9 Å². The molecule has 0 fully saturated rings. The summed E-state index contributed by atoms with van der Waals surface area (Å²) in [5.74, 6) is -0.0351. The van der Waals surface area contributed by atoms with Crippen molar-refractivity contribution in [2.24, 2.45) is 10.2 Å². The van der Waals surface area contributed by atoms with Gasteiger partial charge in [-0.15, -0.1) is 0 Å². The Kier molecular flexibility index (Phi) is 4.62. The normalized spacial score (nSPS) is 25.4. The summed E-state index contributed by atoms with van der Waals surface area (Å²) < 4.78 is 0. The number of aromatic nitrogens is 2. The van der Waals surface area contributed by atoms with Crippen molar-refractivity contribution in [3.8, 4) is 0 Å². The van der Waals surface area contributed by atoms with Crippen LogP contribution < -0.4 is 15.5 Å². The summed E-state index contributed by atoms with van der Waals surface area (Å²) in [5, 5.41) is 15.4. The number of carbonyl (C=O) groups excluding carboxylic acids is 1. The van der Waals surface area contributed by atoms with Crippen molar-refractivity contribution in [2.45, 2.75) is 50.7 Å². The van der Waals surface area contributed by atoms with E-state index in [9.17, 15) is 4.79 Å². The van der Waals surface area contributed by atoms with Gasteiger partial charge in [-0.05, 0) is 38.0 Å². The van der Waals surface area contributed by atoms with Crippen molar-refractivity contribution >= 4 is 17.3 Å². The van der Waals surface area contributed by atoms with Gasteiger partial charge in [-0.25, -0.2) is 9.97 Å². The van der Waals surface area contributed by atoms with E-state index in [4.69, 9.17) is 0 Å². The number of rotatable bonds is 4. The molecule has 8 heteroatoms. The molecule has 2 atom stereocenters. The van der Waals surface area contributed by atoms with Crippen molar-refractivity contribution in [3.63, 3.8) is 0 Å². The molecule has 1 unspecified atom stereocenters. The summed E-state index contributed by atoms with van der Waals surface area (Å²) in [6, 6.07) is 8.33. The van der Waals surface area contributed by atoms with Gasteiger partial charge in [0.1, 0.15) is 6.33 Å². The van der Waals surface area contributed by atoms with Crippen molar-refractivity contribution in [3.05, 3.63) is 71.6 Å². The number of hydrogen-bond acceptors (Lipinski definition) is 7. The van der Waals surface area contributed by atoms with Crippen LogP contribution in [0, 0.1) is 0 Å². The van der Waals surface area contributed by atoms with Gasteiger partial charge < -0.3 is 15.5 Å². The lowest BCUT2D eigenvalue weighted by molar-refractivity contribution is -0.120. The topological polar surface area (TPSA) is 94.9 Å². The maximum atomic E-state index is 13.5. The van der Waals surface area contributed by atoms with E-state index in [1.54, 1.807) is 12.4 Å². The summed E-state index contributed by atoms with van der Waals surface area (Å²) in [4.78, 5) is 23.8. The Morgan fingerprint density at radius 2 is 1.97 bits per heavy atom. The zero-order valence-electron chi connectivity index (χ0n) is 18.8. The average molecular weight is 430 g/mol. The molecule has 1 aromatic carbocycles. The number of nitrogens with zero attached hydrogens (tertiary/aromatic N) is 5. The Morgan fingerprint density at radius 3 is 2.72 bits per heavy atom. The maximum Gasteiger partial charge on any atom is 0.250 e. The molecule has 5 rings (SSSR count). The van der Waals surface area contributed by atoms with E-state index in [0.717, 1.165) is 46.6 Å². The molecule has 164 valence electrons. The highest BCUT2D eigenvalue weighted by atomic mass is 16.2. The Labute approximate surface area is 187 Å². The quantitative estimate of drug-likeness (QED) is 0.772. The highest BCUT2D eigenvalue weighted by Gasteiger charge is 2.53. The number of azo groups is 1. The van der Waals surface area contributed by atoms with Crippen LogP contribution in [0.25, 0.3) is 0 Å². The maximum absolute atomic E-state index is 13.5. The molecular formula is C24H27N7O. The smallest absolute Gasteiger partial charge is 0.250 e. The fraction of sp³-hybridized carbons (Fsp3) is 0.375. The first-order valence-electron chi connectivity index (χ1n) is 10.9. The third kappa shape index (κ3) is 3.01. The predicted octanol–water partition coefficient (Wildman–Crippen LogP) is 3.72. The molecule has 8 nitrogen and oxygen atoms in total. The number of benzene rings is 1. The van der Waals surface area contributed by atoms with E-state index < -0.39 is 5.41 Å². The molecule has 1 aromatic heterocycles. The summed E-state index contributed by atoms with van der Waals surface area (Å²) in [6.07, 6.45) is 8.09. The van der Waals surface area contributed by atoms with E-state index in [0.29, 0.717) is 0 Å². The molecule has 0 aliphatic carbocycles. The minimum Gasteiger partial charge on any atom is -0.362 e. The summed E-state index contributed by atoms with van der Waals surface area (Å²) in [7, 11) is 1.99. The molecule has 0 radical (unpaired) electrons. The van der Waals surface area contributed by atoms with Gasteiger partial charge in [-0.1, -0.05) is 19.1 Å². The molecule has 3 aliphatic heterocycles. The Bertz CT molecular complexity index is 1170. The fourth-order valence-corrected chi connectivity index (χ4v) is 5.20. The number of nitrogens with one attached hydrogen (secondary N) is 2. The van der Waals surface area contributed by atoms with Crippen molar-refractivity contribution < 1.29 is 4.79 Å². The van der Waals surface area contributed by atoms with E-state index in [1.807, 2.05) is 38.1 Å². The van der Waals surface area contributed by atoms with Crippen LogP contribution in [0.2, 0.25) is 0 Å². The molecule has 0 saturated carbocycles. The van der Waals surface area contributed by atoms with Crippen LogP contribution in [0.4, 0.5) is 11.4 Å². The van der Waals surface area contributed by atoms with Crippen LogP contribution in [0.1, 0.15) is 39.2 Å². The van der Waals surface area contributed by atoms with Crippen molar-refractivity contribution in [1.29, 1.82) is 0 Å². The van der Waals surface area contributed by atoms with Gasteiger partial charge in [0.05, 0.1) is 35.3 Å². The largest absolute Gasteiger partial charge is 0.362 e. The van der Waals surface area contributed by atoms with Gasteiger partial charge in [0.2, 0.25) is 0 Å². The van der Waals surface area contributed by atoms with E-state index >= 15 is 0 Å². The van der Waals surface area contributed by atoms with Crippen LogP contribution in [-0.4, -0.2) is 34.6 Å². The molecule has 0 saturated heterocycles. The first-order valence-corrected chi connectivity index (χ1v) is 10.9. The molecule has 2 N–H and O–H groups in total. The van der Waals surface area contributed by atoms with Gasteiger partial charge in [0.25, 0.3) is 5.91 Å². The van der Waals surface area contributed by atoms with Crippen LogP contribution in [0.15, 0.2) is 76.3 Å². The standard InChI is InChI=1S/C24H27N7O/c1-5-24(15-7-6-8-16(9-15)31(4)17-11-25-14-26-12-17)18-13-27-30-21(18)28-19-10-23(2,3)29-22(32)20(19)24/h6-9,11-14,21,28H,5,10H2,1-4H3,(H,29,32)/t21?,24-/m1/s1. The van der Waals surface area contributed by atoms with Gasteiger partial charge >= 0.3 is 0 Å². The van der Waals surface area contributed by atoms with Crippen LogP contribution >= 0.6 is 0 Å². The Morgan fingerprint density at radius 1 is 1.19 bits per heavy atom. The molecule has 32 heavy (non-hydrogen) atoms. The number of anilines is 2. The second kappa shape index (κ2) is 7.25. The monoisotopic (exact) mass is 429 g/mol. The number of carbonyl (C=O) groups is 1. The summed E-state index contributed by atoms with van der Waals surface area (Å²) in [5.41, 5.74) is 4.74. The van der Waals surface area contributed by atoms with E-state index in [1.165, 1.54) is 6.33 Å². The van der Waals surface area contributed by atoms with Crippen LogP contribution in [-0.2, 0) is 10.2 Å². The highest BCUT2D eigenvalue weighted by Crippen LogP contribution is 2.51. The lowest BCUT2D eigenvalue weighted by atomic mass is 9.62. The highest BCUT2D eigenvalue weighted by molar-refractivity contribution is 6.00. The molecule has 1 amide bonds. The fourth-order valence-electron chi connectivity index (χ4n) is 5.20. The molecule has 2 aromatic rings. The van der Waals surface area contributed by atoms with Crippen LogP contribution in [0.3, 0.4) is 0 Å². The second-order valence-corrected chi connectivity index (χ2v) is 9.20. The van der Waals surface area contributed by atoms with Gasteiger partial charge in [0.15, 0.2) is 6.17 Å². The number of hydrogen-bond donors (Lipinski definition) is 2. The van der Waals surface area contributed by atoms with E-state index in [2.05, 4.69) is 56.0 Å². The van der Waals surface area contributed by atoms with Crippen molar-refractivity contribution in [1.82, 2.24) is 20.6 Å². The average Bonchev–Trinajstić information content (AvgIpc) is 3.25. The third-order valence-electron chi connectivity index (χ3n) is 6.69. The Balaban J connectivity index is 1.68. The minimum absolute atomic E-state index is 0.0351. The summed E-state index contributed by atoms with van der Waals surface area (Å²) in [6.45, 7) is 6.21. The van der Waals surface area contributed by atoms with Gasteiger partial charge in [-0.3, -0.25) is 4.79 Å². The second-order valence-electron chi connectivity index (χ2n) is 9.20. The molecule has 0 bridgehead atoms. The van der Waals surface area contributed by atoms with E-state index in [-0.39, 0.29) is 17.6 Å². The zero-order valence-corrected chi connectivity index (χ0v) is 18.8. The summed E-state index contributed by atoms with van der Waals surface area (Å²) >= 11 is 0.